The fourth-order valence-electron chi connectivity index (χ4n) is 2.74. The summed E-state index contributed by atoms with van der Waals surface area (Å²) < 4.78 is 1.96. The SMILES string of the molecule is Cc1ccc(N=c2scc(CC(=O)Nc3ccc(C)c(Cl)c3)n2C)c(C)c1. The summed E-state index contributed by atoms with van der Waals surface area (Å²) in [5.41, 5.74) is 5.90. The smallest absolute Gasteiger partial charge is 0.230 e. The highest BCUT2D eigenvalue weighted by Crippen LogP contribution is 2.21. The first-order valence-electron chi connectivity index (χ1n) is 8.65. The molecule has 1 heterocycles. The molecular formula is C21H22ClN3OS. The molecule has 0 unspecified atom stereocenters. The van der Waals surface area contributed by atoms with E-state index >= 15 is 0 Å². The van der Waals surface area contributed by atoms with Crippen LogP contribution in [0.2, 0.25) is 5.02 Å². The van der Waals surface area contributed by atoms with E-state index in [9.17, 15) is 4.79 Å². The van der Waals surface area contributed by atoms with Crippen LogP contribution in [0, 0.1) is 20.8 Å². The molecule has 0 aliphatic heterocycles. The summed E-state index contributed by atoms with van der Waals surface area (Å²) in [6.07, 6.45) is 0.279. The van der Waals surface area contributed by atoms with Gasteiger partial charge in [0.25, 0.3) is 0 Å². The molecule has 0 spiro atoms. The number of aryl methyl sites for hydroxylation is 3. The van der Waals surface area contributed by atoms with E-state index < -0.39 is 0 Å². The van der Waals surface area contributed by atoms with Gasteiger partial charge in [-0.15, -0.1) is 11.3 Å². The number of halogens is 1. The molecule has 4 nitrogen and oxygen atoms in total. The van der Waals surface area contributed by atoms with Crippen LogP contribution in [0.3, 0.4) is 0 Å². The average Bonchev–Trinajstić information content (AvgIpc) is 2.94. The van der Waals surface area contributed by atoms with E-state index in [1.807, 2.05) is 42.1 Å². The lowest BCUT2D eigenvalue weighted by molar-refractivity contribution is -0.115. The van der Waals surface area contributed by atoms with Crippen molar-refractivity contribution in [3.63, 3.8) is 0 Å². The van der Waals surface area contributed by atoms with Crippen molar-refractivity contribution in [3.8, 4) is 0 Å². The molecule has 3 aromatic rings. The highest BCUT2D eigenvalue weighted by Gasteiger charge is 2.10. The normalized spacial score (nSPS) is 11.7. The predicted octanol–water partition coefficient (Wildman–Crippen LogP) is 5.08. The molecule has 0 fully saturated rings. The molecule has 0 atom stereocenters. The van der Waals surface area contributed by atoms with Gasteiger partial charge in [-0.1, -0.05) is 35.4 Å². The molecule has 140 valence electrons. The minimum absolute atomic E-state index is 0.0820. The van der Waals surface area contributed by atoms with Crippen molar-refractivity contribution < 1.29 is 4.79 Å². The zero-order valence-electron chi connectivity index (χ0n) is 15.8. The number of carbonyl (C=O) groups is 1. The van der Waals surface area contributed by atoms with Crippen LogP contribution >= 0.6 is 22.9 Å². The van der Waals surface area contributed by atoms with Gasteiger partial charge >= 0.3 is 0 Å². The lowest BCUT2D eigenvalue weighted by Gasteiger charge is -2.07. The molecule has 0 aliphatic rings. The Kier molecular flexibility index (Phi) is 5.82. The van der Waals surface area contributed by atoms with E-state index in [1.165, 1.54) is 16.9 Å². The zero-order chi connectivity index (χ0) is 19.6. The number of hydrogen-bond acceptors (Lipinski definition) is 3. The molecule has 0 bridgehead atoms. The van der Waals surface area contributed by atoms with Crippen LogP contribution in [-0.2, 0) is 18.3 Å². The molecule has 1 aromatic heterocycles. The third-order valence-corrected chi connectivity index (χ3v) is 5.76. The molecule has 2 aromatic carbocycles. The number of hydrogen-bond donors (Lipinski definition) is 1. The molecule has 6 heteroatoms. The van der Waals surface area contributed by atoms with E-state index in [0.29, 0.717) is 10.7 Å². The minimum Gasteiger partial charge on any atom is -0.326 e. The molecular weight excluding hydrogens is 378 g/mol. The van der Waals surface area contributed by atoms with Crippen molar-refractivity contribution in [3.05, 3.63) is 74.0 Å². The van der Waals surface area contributed by atoms with Crippen LogP contribution in [0.1, 0.15) is 22.4 Å². The molecule has 1 N–H and O–H groups in total. The summed E-state index contributed by atoms with van der Waals surface area (Å²) in [4.78, 5) is 18.0. The number of aromatic nitrogens is 1. The van der Waals surface area contributed by atoms with Gasteiger partial charge in [0.05, 0.1) is 12.1 Å². The van der Waals surface area contributed by atoms with Gasteiger partial charge in [0.15, 0.2) is 4.80 Å². The summed E-state index contributed by atoms with van der Waals surface area (Å²) in [7, 11) is 1.93. The van der Waals surface area contributed by atoms with Gasteiger partial charge < -0.3 is 9.88 Å². The predicted molar refractivity (Wildman–Crippen MR) is 113 cm³/mol. The quantitative estimate of drug-likeness (QED) is 0.653. The number of rotatable bonds is 4. The van der Waals surface area contributed by atoms with Crippen LogP contribution in [0.25, 0.3) is 0 Å². The lowest BCUT2D eigenvalue weighted by atomic mass is 10.1. The van der Waals surface area contributed by atoms with Gasteiger partial charge in [-0.3, -0.25) is 4.79 Å². The summed E-state index contributed by atoms with van der Waals surface area (Å²) in [6, 6.07) is 11.7. The average molecular weight is 400 g/mol. The first-order chi connectivity index (χ1) is 12.8. The van der Waals surface area contributed by atoms with Crippen LogP contribution in [0.4, 0.5) is 11.4 Å². The van der Waals surface area contributed by atoms with Gasteiger partial charge in [-0.05, 0) is 50.1 Å². The van der Waals surface area contributed by atoms with Crippen molar-refractivity contribution in [1.82, 2.24) is 4.57 Å². The van der Waals surface area contributed by atoms with Crippen LogP contribution in [0.5, 0.6) is 0 Å². The van der Waals surface area contributed by atoms with Crippen LogP contribution in [-0.4, -0.2) is 10.5 Å². The van der Waals surface area contributed by atoms with E-state index in [4.69, 9.17) is 16.6 Å². The molecule has 27 heavy (non-hydrogen) atoms. The number of benzene rings is 2. The van der Waals surface area contributed by atoms with Gasteiger partial charge in [0.2, 0.25) is 5.91 Å². The summed E-state index contributed by atoms with van der Waals surface area (Å²) in [5, 5.41) is 5.52. The summed E-state index contributed by atoms with van der Waals surface area (Å²) in [6.45, 7) is 6.06. The second kappa shape index (κ2) is 8.11. The highest BCUT2D eigenvalue weighted by molar-refractivity contribution is 7.07. The monoisotopic (exact) mass is 399 g/mol. The maximum Gasteiger partial charge on any atom is 0.230 e. The van der Waals surface area contributed by atoms with Crippen molar-refractivity contribution >= 4 is 40.2 Å². The number of thiazole rings is 1. The molecule has 3 rings (SSSR count). The molecule has 0 radical (unpaired) electrons. The Balaban J connectivity index is 1.77. The van der Waals surface area contributed by atoms with Crippen LogP contribution in [0.15, 0.2) is 46.8 Å². The Bertz CT molecular complexity index is 1070. The summed E-state index contributed by atoms with van der Waals surface area (Å²) >= 11 is 7.65. The molecule has 0 saturated heterocycles. The van der Waals surface area contributed by atoms with Crippen LogP contribution < -0.4 is 10.1 Å². The number of anilines is 1. The molecule has 1 amide bonds. The highest BCUT2D eigenvalue weighted by atomic mass is 35.5. The standard InChI is InChI=1S/C21H22ClN3OS/c1-13-5-8-19(15(3)9-13)24-21-25(4)17(12-27-21)11-20(26)23-16-7-6-14(2)18(22)10-16/h5-10,12H,11H2,1-4H3,(H,23,26). The number of nitrogens with one attached hydrogen (secondary N) is 1. The lowest BCUT2D eigenvalue weighted by Crippen LogP contribution is -2.19. The van der Waals surface area contributed by atoms with Crippen molar-refractivity contribution in [2.45, 2.75) is 27.2 Å². The molecule has 0 saturated carbocycles. The van der Waals surface area contributed by atoms with Gasteiger partial charge in [-0.25, -0.2) is 4.99 Å². The van der Waals surface area contributed by atoms with Gasteiger partial charge in [0.1, 0.15) is 0 Å². The van der Waals surface area contributed by atoms with E-state index in [2.05, 4.69) is 31.3 Å². The third kappa shape index (κ3) is 4.67. The van der Waals surface area contributed by atoms with Crippen molar-refractivity contribution in [2.75, 3.05) is 5.32 Å². The second-order valence-electron chi connectivity index (χ2n) is 6.66. The Hall–Kier alpha value is -2.37. The number of nitrogens with zero attached hydrogens (tertiary/aromatic N) is 2. The van der Waals surface area contributed by atoms with E-state index in [1.54, 1.807) is 6.07 Å². The second-order valence-corrected chi connectivity index (χ2v) is 7.90. The van der Waals surface area contributed by atoms with Crippen molar-refractivity contribution in [1.29, 1.82) is 0 Å². The maximum absolute atomic E-state index is 12.4. The first kappa shape index (κ1) is 19.4. The Morgan fingerprint density at radius 2 is 1.93 bits per heavy atom. The maximum atomic E-state index is 12.4. The number of amides is 1. The third-order valence-electron chi connectivity index (χ3n) is 4.38. The Morgan fingerprint density at radius 3 is 2.63 bits per heavy atom. The van der Waals surface area contributed by atoms with Crippen molar-refractivity contribution in [2.24, 2.45) is 12.0 Å². The summed E-state index contributed by atoms with van der Waals surface area (Å²) in [5.74, 6) is -0.0820. The zero-order valence-corrected chi connectivity index (χ0v) is 17.4. The van der Waals surface area contributed by atoms with E-state index in [-0.39, 0.29) is 12.3 Å². The fraction of sp³-hybridized carbons (Fsp3) is 0.238. The Labute approximate surface area is 168 Å². The minimum atomic E-state index is -0.0820. The first-order valence-corrected chi connectivity index (χ1v) is 9.90. The van der Waals surface area contributed by atoms with Gasteiger partial charge in [-0.2, -0.15) is 0 Å². The fourth-order valence-corrected chi connectivity index (χ4v) is 3.83. The Morgan fingerprint density at radius 1 is 1.15 bits per heavy atom. The topological polar surface area (TPSA) is 46.4 Å². The van der Waals surface area contributed by atoms with Gasteiger partial charge in [0, 0.05) is 28.8 Å². The molecule has 0 aliphatic carbocycles. The number of carbonyl (C=O) groups excluding carboxylic acids is 1. The largest absolute Gasteiger partial charge is 0.326 e. The van der Waals surface area contributed by atoms with E-state index in [0.717, 1.165) is 27.3 Å².